The van der Waals surface area contributed by atoms with E-state index in [1.54, 1.807) is 6.20 Å². The summed E-state index contributed by atoms with van der Waals surface area (Å²) in [5.74, 6) is 1.26. The summed E-state index contributed by atoms with van der Waals surface area (Å²) in [6, 6.07) is 10.1. The molecule has 2 aromatic heterocycles. The van der Waals surface area contributed by atoms with E-state index in [2.05, 4.69) is 33.4 Å². The number of hydrogen-bond acceptors (Lipinski definition) is 5. The fourth-order valence-corrected chi connectivity index (χ4v) is 2.86. The number of rotatable bonds is 2. The lowest BCUT2D eigenvalue weighted by Gasteiger charge is -2.15. The molecule has 0 bridgehead atoms. The molecule has 1 aliphatic heterocycles. The van der Waals surface area contributed by atoms with Gasteiger partial charge in [0.15, 0.2) is 0 Å². The van der Waals surface area contributed by atoms with E-state index in [1.165, 1.54) is 0 Å². The molecule has 4 rings (SSSR count). The normalized spacial score (nSPS) is 21.0. The van der Waals surface area contributed by atoms with Gasteiger partial charge in [0.25, 0.3) is 0 Å². The van der Waals surface area contributed by atoms with Crippen molar-refractivity contribution in [1.82, 2.24) is 20.4 Å². The van der Waals surface area contributed by atoms with E-state index in [9.17, 15) is 0 Å². The number of halogens is 1. The van der Waals surface area contributed by atoms with Crippen molar-refractivity contribution >= 4 is 23.2 Å². The van der Waals surface area contributed by atoms with Gasteiger partial charge in [0.05, 0.1) is 5.41 Å². The van der Waals surface area contributed by atoms with Crippen molar-refractivity contribution in [1.29, 1.82) is 0 Å². The van der Waals surface area contributed by atoms with E-state index in [1.807, 2.05) is 24.3 Å². The highest BCUT2D eigenvalue weighted by Gasteiger charge is 2.36. The lowest BCUT2D eigenvalue weighted by molar-refractivity contribution is 0.306. The Balaban J connectivity index is 0.00000144. The number of hydrogen-bond donors (Lipinski definition) is 1. The Morgan fingerprint density at radius 2 is 2.09 bits per heavy atom. The SMILES string of the molecule is CC1(c2nc(-c3nccc4ccccc34)no2)CCNC1.Cl. The van der Waals surface area contributed by atoms with Gasteiger partial charge in [-0.1, -0.05) is 29.4 Å². The quantitative estimate of drug-likeness (QED) is 0.787. The number of nitrogens with zero attached hydrogens (tertiary/aromatic N) is 3. The molecule has 0 aliphatic carbocycles. The van der Waals surface area contributed by atoms with Crippen LogP contribution < -0.4 is 5.32 Å². The molecule has 0 radical (unpaired) electrons. The van der Waals surface area contributed by atoms with E-state index in [0.29, 0.717) is 11.7 Å². The Bertz CT molecular complexity index is 790. The van der Waals surface area contributed by atoms with Crippen LogP contribution in [-0.4, -0.2) is 28.2 Å². The highest BCUT2D eigenvalue weighted by molar-refractivity contribution is 5.92. The average Bonchev–Trinajstić information content (AvgIpc) is 3.16. The number of fused-ring (bicyclic) bond motifs is 1. The lowest BCUT2D eigenvalue weighted by atomic mass is 9.90. The predicted octanol–water partition coefficient (Wildman–Crippen LogP) is 2.96. The van der Waals surface area contributed by atoms with Crippen LogP contribution in [0, 0.1) is 0 Å². The fourth-order valence-electron chi connectivity index (χ4n) is 2.86. The smallest absolute Gasteiger partial charge is 0.234 e. The number of aromatic nitrogens is 3. The van der Waals surface area contributed by atoms with Crippen LogP contribution in [-0.2, 0) is 5.41 Å². The zero-order valence-electron chi connectivity index (χ0n) is 12.2. The van der Waals surface area contributed by atoms with Crippen LogP contribution in [0.3, 0.4) is 0 Å². The van der Waals surface area contributed by atoms with Crippen molar-refractivity contribution in [3.63, 3.8) is 0 Å². The van der Waals surface area contributed by atoms with Crippen LogP contribution in [0.4, 0.5) is 0 Å². The summed E-state index contributed by atoms with van der Waals surface area (Å²) in [7, 11) is 0. The van der Waals surface area contributed by atoms with E-state index in [4.69, 9.17) is 4.52 Å². The van der Waals surface area contributed by atoms with Gasteiger partial charge in [0, 0.05) is 18.1 Å². The van der Waals surface area contributed by atoms with Gasteiger partial charge in [0.1, 0.15) is 5.69 Å². The fraction of sp³-hybridized carbons (Fsp3) is 0.312. The molecular formula is C16H17ClN4O. The zero-order valence-corrected chi connectivity index (χ0v) is 13.1. The molecule has 3 heterocycles. The Hall–Kier alpha value is -1.98. The van der Waals surface area contributed by atoms with Crippen LogP contribution in [0.25, 0.3) is 22.3 Å². The number of pyridine rings is 1. The van der Waals surface area contributed by atoms with Gasteiger partial charge >= 0.3 is 0 Å². The molecule has 0 spiro atoms. The number of benzene rings is 1. The maximum atomic E-state index is 5.51. The molecule has 0 amide bonds. The average molecular weight is 317 g/mol. The second kappa shape index (κ2) is 5.66. The Kier molecular flexibility index (Phi) is 3.85. The topological polar surface area (TPSA) is 63.8 Å². The molecule has 1 saturated heterocycles. The first-order valence-electron chi connectivity index (χ1n) is 7.15. The molecule has 1 N–H and O–H groups in total. The van der Waals surface area contributed by atoms with E-state index in [0.717, 1.165) is 36.0 Å². The maximum Gasteiger partial charge on any atom is 0.234 e. The monoisotopic (exact) mass is 316 g/mol. The van der Waals surface area contributed by atoms with Gasteiger partial charge in [-0.25, -0.2) is 0 Å². The van der Waals surface area contributed by atoms with Crippen LogP contribution in [0.2, 0.25) is 0 Å². The van der Waals surface area contributed by atoms with Crippen molar-refractivity contribution in [2.75, 3.05) is 13.1 Å². The van der Waals surface area contributed by atoms with E-state index >= 15 is 0 Å². The third-order valence-electron chi connectivity index (χ3n) is 4.20. The van der Waals surface area contributed by atoms with Crippen molar-refractivity contribution in [2.24, 2.45) is 0 Å². The summed E-state index contributed by atoms with van der Waals surface area (Å²) >= 11 is 0. The molecule has 1 aromatic carbocycles. The second-order valence-electron chi connectivity index (χ2n) is 5.79. The first kappa shape index (κ1) is 14.9. The van der Waals surface area contributed by atoms with E-state index in [-0.39, 0.29) is 17.8 Å². The Morgan fingerprint density at radius 1 is 1.23 bits per heavy atom. The maximum absolute atomic E-state index is 5.51. The summed E-state index contributed by atoms with van der Waals surface area (Å²) in [6.45, 7) is 4.01. The van der Waals surface area contributed by atoms with E-state index < -0.39 is 0 Å². The van der Waals surface area contributed by atoms with Crippen molar-refractivity contribution in [2.45, 2.75) is 18.8 Å². The summed E-state index contributed by atoms with van der Waals surface area (Å²) in [6.07, 6.45) is 2.80. The van der Waals surface area contributed by atoms with Crippen LogP contribution in [0.5, 0.6) is 0 Å². The van der Waals surface area contributed by atoms with Gasteiger partial charge in [-0.05, 0) is 31.3 Å². The summed E-state index contributed by atoms with van der Waals surface area (Å²) in [5, 5.41) is 9.67. The zero-order chi connectivity index (χ0) is 14.3. The molecule has 6 heteroatoms. The van der Waals surface area contributed by atoms with Gasteiger partial charge in [-0.3, -0.25) is 4.98 Å². The minimum atomic E-state index is -0.0736. The predicted molar refractivity (Wildman–Crippen MR) is 87.1 cm³/mol. The molecule has 1 fully saturated rings. The molecule has 1 unspecified atom stereocenters. The van der Waals surface area contributed by atoms with Gasteiger partial charge in [-0.15, -0.1) is 12.4 Å². The molecular weight excluding hydrogens is 300 g/mol. The van der Waals surface area contributed by atoms with Crippen LogP contribution in [0.1, 0.15) is 19.2 Å². The van der Waals surface area contributed by atoms with Crippen molar-refractivity contribution in [3.05, 3.63) is 42.4 Å². The number of nitrogens with one attached hydrogen (secondary N) is 1. The van der Waals surface area contributed by atoms with Gasteiger partial charge in [0.2, 0.25) is 11.7 Å². The highest BCUT2D eigenvalue weighted by atomic mass is 35.5. The molecule has 5 nitrogen and oxygen atoms in total. The third kappa shape index (κ3) is 2.36. The van der Waals surface area contributed by atoms with Crippen LogP contribution >= 0.6 is 12.4 Å². The van der Waals surface area contributed by atoms with Gasteiger partial charge in [-0.2, -0.15) is 4.98 Å². The molecule has 1 aliphatic rings. The third-order valence-corrected chi connectivity index (χ3v) is 4.20. The minimum absolute atomic E-state index is 0. The first-order chi connectivity index (χ1) is 10.3. The summed E-state index contributed by atoms with van der Waals surface area (Å²) in [4.78, 5) is 9.04. The molecule has 22 heavy (non-hydrogen) atoms. The largest absolute Gasteiger partial charge is 0.338 e. The minimum Gasteiger partial charge on any atom is -0.338 e. The lowest BCUT2D eigenvalue weighted by Crippen LogP contribution is -2.25. The molecule has 3 aromatic rings. The first-order valence-corrected chi connectivity index (χ1v) is 7.15. The van der Waals surface area contributed by atoms with Gasteiger partial charge < -0.3 is 9.84 Å². The summed E-state index contributed by atoms with van der Waals surface area (Å²) in [5.41, 5.74) is 0.702. The standard InChI is InChI=1S/C16H16N4O.ClH/c1-16(7-9-17-10-16)15-19-14(20-21-15)13-12-5-3-2-4-11(12)6-8-18-13;/h2-6,8,17H,7,9-10H2,1H3;1H. The van der Waals surface area contributed by atoms with Crippen molar-refractivity contribution < 1.29 is 4.52 Å². The molecule has 114 valence electrons. The van der Waals surface area contributed by atoms with Crippen LogP contribution in [0.15, 0.2) is 41.1 Å². The highest BCUT2D eigenvalue weighted by Crippen LogP contribution is 2.31. The molecule has 1 atom stereocenters. The molecule has 0 saturated carbocycles. The Morgan fingerprint density at radius 3 is 2.91 bits per heavy atom. The second-order valence-corrected chi connectivity index (χ2v) is 5.79. The Labute approximate surface area is 134 Å². The van der Waals surface area contributed by atoms with Crippen molar-refractivity contribution in [3.8, 4) is 11.5 Å². The summed E-state index contributed by atoms with van der Waals surface area (Å²) < 4.78 is 5.51.